The molecule has 0 unspecified atom stereocenters. The van der Waals surface area contributed by atoms with Gasteiger partial charge in [-0.15, -0.1) is 6.42 Å². The van der Waals surface area contributed by atoms with Crippen LogP contribution in [-0.4, -0.2) is 18.9 Å². The molecular weight excluding hydrogens is 210 g/mol. The molecule has 17 heavy (non-hydrogen) atoms. The van der Waals surface area contributed by atoms with Crippen molar-refractivity contribution in [3.05, 3.63) is 35.4 Å². The first-order chi connectivity index (χ1) is 7.95. The van der Waals surface area contributed by atoms with E-state index in [4.69, 9.17) is 6.42 Å². The number of carbonyl (C=O) groups is 1. The van der Waals surface area contributed by atoms with Crippen molar-refractivity contribution >= 4 is 5.78 Å². The third-order valence-corrected chi connectivity index (χ3v) is 2.59. The number of terminal acetylenes is 1. The molecule has 1 aromatic carbocycles. The maximum Gasteiger partial charge on any atom is 0.176 e. The Kier molecular flexibility index (Phi) is 4.48. The Morgan fingerprint density at radius 1 is 1.29 bits per heavy atom. The van der Waals surface area contributed by atoms with Crippen molar-refractivity contribution < 1.29 is 4.79 Å². The highest BCUT2D eigenvalue weighted by molar-refractivity contribution is 5.97. The molecule has 0 saturated heterocycles. The zero-order valence-corrected chi connectivity index (χ0v) is 10.7. The van der Waals surface area contributed by atoms with Gasteiger partial charge in [-0.3, -0.25) is 10.1 Å². The monoisotopic (exact) mass is 229 g/mol. The molecule has 0 aromatic heterocycles. The van der Waals surface area contributed by atoms with E-state index in [9.17, 15) is 4.79 Å². The number of hydrogen-bond donors (Lipinski definition) is 1. The molecule has 0 spiro atoms. The van der Waals surface area contributed by atoms with E-state index in [1.807, 2.05) is 24.3 Å². The van der Waals surface area contributed by atoms with Crippen molar-refractivity contribution in [2.45, 2.75) is 26.2 Å². The number of carbonyl (C=O) groups excluding carboxylic acids is 1. The molecule has 0 bridgehead atoms. The van der Waals surface area contributed by atoms with E-state index in [2.05, 4.69) is 32.0 Å². The molecule has 0 atom stereocenters. The third-order valence-electron chi connectivity index (χ3n) is 2.59. The molecule has 2 nitrogen and oxygen atoms in total. The van der Waals surface area contributed by atoms with Crippen LogP contribution in [0.25, 0.3) is 0 Å². The van der Waals surface area contributed by atoms with Gasteiger partial charge in [0.2, 0.25) is 0 Å². The van der Waals surface area contributed by atoms with Crippen LogP contribution < -0.4 is 5.32 Å². The van der Waals surface area contributed by atoms with Crippen LogP contribution in [0.15, 0.2) is 24.3 Å². The number of Topliss-reactive ketones (excluding diaryl/α,β-unsaturated/α-hetero) is 1. The maximum absolute atomic E-state index is 11.7. The minimum Gasteiger partial charge on any atom is -0.299 e. The van der Waals surface area contributed by atoms with Gasteiger partial charge in [-0.25, -0.2) is 0 Å². The Bertz CT molecular complexity index is 418. The molecular formula is C15H19NO. The van der Waals surface area contributed by atoms with E-state index in [0.717, 1.165) is 5.56 Å². The van der Waals surface area contributed by atoms with Crippen LogP contribution in [0.1, 0.15) is 36.7 Å². The first-order valence-electron chi connectivity index (χ1n) is 5.73. The number of ketones is 1. The normalized spacial score (nSPS) is 10.9. The van der Waals surface area contributed by atoms with Crippen molar-refractivity contribution in [1.29, 1.82) is 0 Å². The van der Waals surface area contributed by atoms with Crippen LogP contribution in [0.4, 0.5) is 0 Å². The largest absolute Gasteiger partial charge is 0.299 e. The lowest BCUT2D eigenvalue weighted by Crippen LogP contribution is -2.23. The van der Waals surface area contributed by atoms with Gasteiger partial charge in [-0.1, -0.05) is 51.0 Å². The fourth-order valence-corrected chi connectivity index (χ4v) is 1.51. The van der Waals surface area contributed by atoms with E-state index in [1.54, 1.807) is 0 Å². The second kappa shape index (κ2) is 5.65. The van der Waals surface area contributed by atoms with E-state index in [0.29, 0.717) is 13.1 Å². The average molecular weight is 229 g/mol. The summed E-state index contributed by atoms with van der Waals surface area (Å²) in [5.74, 6) is 2.51. The van der Waals surface area contributed by atoms with Gasteiger partial charge in [-0.05, 0) is 11.0 Å². The van der Waals surface area contributed by atoms with Gasteiger partial charge in [0.15, 0.2) is 5.78 Å². The number of nitrogens with one attached hydrogen (secondary N) is 1. The van der Waals surface area contributed by atoms with E-state index >= 15 is 0 Å². The zero-order chi connectivity index (χ0) is 12.9. The fraction of sp³-hybridized carbons (Fsp3) is 0.400. The zero-order valence-electron chi connectivity index (χ0n) is 10.7. The predicted octanol–water partition coefficient (Wildman–Crippen LogP) is 2.39. The lowest BCUT2D eigenvalue weighted by molar-refractivity contribution is 0.0992. The molecule has 0 aliphatic rings. The Morgan fingerprint density at radius 3 is 2.35 bits per heavy atom. The summed E-state index contributed by atoms with van der Waals surface area (Å²) >= 11 is 0. The minimum absolute atomic E-state index is 0.0701. The highest BCUT2D eigenvalue weighted by atomic mass is 16.1. The SMILES string of the molecule is C#CCNCC(=O)c1ccc(C(C)(C)C)cc1. The first-order valence-corrected chi connectivity index (χ1v) is 5.73. The Balaban J connectivity index is 2.68. The van der Waals surface area contributed by atoms with E-state index in [-0.39, 0.29) is 11.2 Å². The molecule has 0 fully saturated rings. The second-order valence-electron chi connectivity index (χ2n) is 5.06. The molecule has 2 heteroatoms. The van der Waals surface area contributed by atoms with E-state index < -0.39 is 0 Å². The van der Waals surface area contributed by atoms with Crippen molar-refractivity contribution in [3.8, 4) is 12.3 Å². The summed E-state index contributed by atoms with van der Waals surface area (Å²) in [4.78, 5) is 11.7. The predicted molar refractivity (Wildman–Crippen MR) is 71.2 cm³/mol. The summed E-state index contributed by atoms with van der Waals surface area (Å²) in [5.41, 5.74) is 2.07. The lowest BCUT2D eigenvalue weighted by atomic mass is 9.86. The highest BCUT2D eigenvalue weighted by Crippen LogP contribution is 2.22. The standard InChI is InChI=1S/C15H19NO/c1-5-10-16-11-14(17)12-6-8-13(9-7-12)15(2,3)4/h1,6-9,16H,10-11H2,2-4H3. The Hall–Kier alpha value is -1.59. The van der Waals surface area contributed by atoms with Gasteiger partial charge in [0.05, 0.1) is 13.1 Å². The van der Waals surface area contributed by atoms with Crippen LogP contribution in [-0.2, 0) is 5.41 Å². The Morgan fingerprint density at radius 2 is 1.88 bits per heavy atom. The first kappa shape index (κ1) is 13.5. The molecule has 0 radical (unpaired) electrons. The summed E-state index contributed by atoms with van der Waals surface area (Å²) in [6.07, 6.45) is 5.10. The average Bonchev–Trinajstić information content (AvgIpc) is 2.28. The molecule has 90 valence electrons. The molecule has 0 saturated carbocycles. The van der Waals surface area contributed by atoms with Crippen LogP contribution in [0, 0.1) is 12.3 Å². The second-order valence-corrected chi connectivity index (χ2v) is 5.06. The summed E-state index contributed by atoms with van der Waals surface area (Å²) in [6.45, 7) is 7.17. The Labute approximate surface area is 103 Å². The summed E-state index contributed by atoms with van der Waals surface area (Å²) in [5, 5.41) is 2.89. The summed E-state index contributed by atoms with van der Waals surface area (Å²) in [6, 6.07) is 7.77. The van der Waals surface area contributed by atoms with Crippen molar-refractivity contribution in [2.24, 2.45) is 0 Å². The smallest absolute Gasteiger partial charge is 0.176 e. The highest BCUT2D eigenvalue weighted by Gasteiger charge is 2.13. The quantitative estimate of drug-likeness (QED) is 0.488. The molecule has 0 aliphatic carbocycles. The lowest BCUT2D eigenvalue weighted by Gasteiger charge is -2.18. The number of benzene rings is 1. The van der Waals surface area contributed by atoms with Crippen LogP contribution in [0.5, 0.6) is 0 Å². The van der Waals surface area contributed by atoms with Crippen LogP contribution >= 0.6 is 0 Å². The van der Waals surface area contributed by atoms with Gasteiger partial charge in [0.1, 0.15) is 0 Å². The number of rotatable bonds is 4. The molecule has 0 amide bonds. The maximum atomic E-state index is 11.7. The van der Waals surface area contributed by atoms with Crippen LogP contribution in [0.3, 0.4) is 0 Å². The van der Waals surface area contributed by atoms with Crippen molar-refractivity contribution in [2.75, 3.05) is 13.1 Å². The molecule has 1 aromatic rings. The topological polar surface area (TPSA) is 29.1 Å². The number of hydrogen-bond acceptors (Lipinski definition) is 2. The molecule has 1 rings (SSSR count). The fourth-order valence-electron chi connectivity index (χ4n) is 1.51. The molecule has 0 aliphatic heterocycles. The van der Waals surface area contributed by atoms with Crippen LogP contribution in [0.2, 0.25) is 0 Å². The van der Waals surface area contributed by atoms with E-state index in [1.165, 1.54) is 5.56 Å². The summed E-state index contributed by atoms with van der Waals surface area (Å²) in [7, 11) is 0. The molecule has 1 N–H and O–H groups in total. The summed E-state index contributed by atoms with van der Waals surface area (Å²) < 4.78 is 0. The van der Waals surface area contributed by atoms with Gasteiger partial charge >= 0.3 is 0 Å². The van der Waals surface area contributed by atoms with Crippen molar-refractivity contribution in [1.82, 2.24) is 5.32 Å². The third kappa shape index (κ3) is 4.05. The van der Waals surface area contributed by atoms with Gasteiger partial charge < -0.3 is 0 Å². The van der Waals surface area contributed by atoms with Crippen molar-refractivity contribution in [3.63, 3.8) is 0 Å². The minimum atomic E-state index is 0.0701. The van der Waals surface area contributed by atoms with Gasteiger partial charge in [-0.2, -0.15) is 0 Å². The van der Waals surface area contributed by atoms with Gasteiger partial charge in [0, 0.05) is 5.56 Å². The molecule has 0 heterocycles. The van der Waals surface area contributed by atoms with Gasteiger partial charge in [0.25, 0.3) is 0 Å².